The number of thioether (sulfide) groups is 1. The van der Waals surface area contributed by atoms with Gasteiger partial charge in [0.15, 0.2) is 0 Å². The second-order valence-electron chi connectivity index (χ2n) is 5.44. The van der Waals surface area contributed by atoms with Gasteiger partial charge in [-0.1, -0.05) is 0 Å². The Bertz CT molecular complexity index is 378. The van der Waals surface area contributed by atoms with E-state index in [0.717, 1.165) is 30.9 Å². The minimum atomic E-state index is -3.28. The topological polar surface area (TPSA) is 52.7 Å². The molecule has 0 bridgehead atoms. The van der Waals surface area contributed by atoms with Crippen LogP contribution in [0.4, 0.5) is 0 Å². The molecule has 1 saturated heterocycles. The van der Waals surface area contributed by atoms with Gasteiger partial charge in [-0.15, -0.1) is 0 Å². The van der Waals surface area contributed by atoms with Gasteiger partial charge in [-0.2, -0.15) is 28.8 Å². The molecule has 19 heavy (non-hydrogen) atoms. The Morgan fingerprint density at radius 1 is 1.26 bits per heavy atom. The maximum absolute atomic E-state index is 12.4. The van der Waals surface area contributed by atoms with Gasteiger partial charge in [-0.05, 0) is 38.0 Å². The van der Waals surface area contributed by atoms with E-state index in [9.17, 15) is 8.42 Å². The molecule has 0 aromatic carbocycles. The van der Waals surface area contributed by atoms with Gasteiger partial charge < -0.3 is 5.32 Å². The number of hydrogen-bond acceptors (Lipinski definition) is 4. The fourth-order valence-electron chi connectivity index (χ4n) is 2.23. The van der Waals surface area contributed by atoms with Crippen molar-refractivity contribution in [1.82, 2.24) is 13.9 Å². The van der Waals surface area contributed by atoms with E-state index in [-0.39, 0.29) is 6.04 Å². The number of rotatable bonds is 8. The molecule has 1 heterocycles. The van der Waals surface area contributed by atoms with E-state index in [1.807, 2.05) is 11.8 Å². The predicted molar refractivity (Wildman–Crippen MR) is 80.7 cm³/mol. The lowest BCUT2D eigenvalue weighted by Crippen LogP contribution is -2.45. The summed E-state index contributed by atoms with van der Waals surface area (Å²) in [6.45, 7) is 1.50. The van der Waals surface area contributed by atoms with Gasteiger partial charge >= 0.3 is 0 Å². The highest BCUT2D eigenvalue weighted by molar-refractivity contribution is 7.99. The lowest BCUT2D eigenvalue weighted by atomic mass is 10.3. The van der Waals surface area contributed by atoms with E-state index in [4.69, 9.17) is 0 Å². The van der Waals surface area contributed by atoms with Crippen LogP contribution >= 0.6 is 11.8 Å². The summed E-state index contributed by atoms with van der Waals surface area (Å²) in [4.78, 5) is 0. The van der Waals surface area contributed by atoms with Crippen LogP contribution in [0.5, 0.6) is 0 Å². The first-order valence-corrected chi connectivity index (χ1v) is 9.57. The van der Waals surface area contributed by atoms with Gasteiger partial charge in [-0.25, -0.2) is 0 Å². The van der Waals surface area contributed by atoms with Crippen LogP contribution in [0.15, 0.2) is 0 Å². The molecule has 1 unspecified atom stereocenters. The molecule has 7 heteroatoms. The first-order chi connectivity index (χ1) is 9.01. The number of nitrogens with one attached hydrogen (secondary N) is 1. The molecule has 0 amide bonds. The smallest absolute Gasteiger partial charge is 0.281 e. The van der Waals surface area contributed by atoms with Crippen LogP contribution in [-0.4, -0.2) is 67.8 Å². The summed E-state index contributed by atoms with van der Waals surface area (Å²) in [6.07, 6.45) is 4.39. The van der Waals surface area contributed by atoms with Crippen LogP contribution in [-0.2, 0) is 10.2 Å². The Morgan fingerprint density at radius 3 is 2.58 bits per heavy atom. The Hall–Kier alpha value is 0.180. The Labute approximate surface area is 121 Å². The molecule has 112 valence electrons. The van der Waals surface area contributed by atoms with Crippen LogP contribution in [0.25, 0.3) is 0 Å². The molecule has 0 spiro atoms. The highest BCUT2D eigenvalue weighted by Crippen LogP contribution is 2.24. The quantitative estimate of drug-likeness (QED) is 0.672. The van der Waals surface area contributed by atoms with E-state index in [1.54, 1.807) is 18.4 Å². The summed E-state index contributed by atoms with van der Waals surface area (Å²) in [6, 6.07) is 0.863. The molecule has 0 radical (unpaired) electrons. The largest absolute Gasteiger partial charge is 0.314 e. The average molecular weight is 307 g/mol. The lowest BCUT2D eigenvalue weighted by Gasteiger charge is -2.28. The summed E-state index contributed by atoms with van der Waals surface area (Å²) < 4.78 is 27.8. The molecule has 0 aromatic heterocycles. The zero-order valence-corrected chi connectivity index (χ0v) is 13.5. The molecule has 5 nitrogen and oxygen atoms in total. The van der Waals surface area contributed by atoms with Crippen molar-refractivity contribution in [2.45, 2.75) is 37.8 Å². The first-order valence-electron chi connectivity index (χ1n) is 7.02. The second kappa shape index (κ2) is 6.76. The zero-order chi connectivity index (χ0) is 13.9. The molecule has 1 atom stereocenters. The highest BCUT2D eigenvalue weighted by atomic mass is 32.2. The minimum absolute atomic E-state index is 0.169. The third-order valence-electron chi connectivity index (χ3n) is 3.84. The molecule has 1 aliphatic carbocycles. The molecule has 2 aliphatic rings. The third kappa shape index (κ3) is 4.32. The molecular formula is C12H25N3O2S2. The Kier molecular flexibility index (Phi) is 5.54. The molecule has 1 aliphatic heterocycles. The summed E-state index contributed by atoms with van der Waals surface area (Å²) in [5.41, 5.74) is 0. The van der Waals surface area contributed by atoms with Crippen molar-refractivity contribution in [2.24, 2.45) is 0 Å². The van der Waals surface area contributed by atoms with E-state index in [0.29, 0.717) is 12.6 Å². The average Bonchev–Trinajstić information content (AvgIpc) is 3.04. The van der Waals surface area contributed by atoms with Crippen LogP contribution in [0.2, 0.25) is 0 Å². The van der Waals surface area contributed by atoms with Gasteiger partial charge in [0.25, 0.3) is 10.2 Å². The van der Waals surface area contributed by atoms with Gasteiger partial charge in [-0.3, -0.25) is 0 Å². The fraction of sp³-hybridized carbons (Fsp3) is 1.00. The van der Waals surface area contributed by atoms with Crippen LogP contribution in [0.3, 0.4) is 0 Å². The second-order valence-corrected chi connectivity index (χ2v) is 8.69. The zero-order valence-electron chi connectivity index (χ0n) is 11.8. The lowest BCUT2D eigenvalue weighted by molar-refractivity contribution is 0.345. The predicted octanol–water partition coefficient (Wildman–Crippen LogP) is 0.742. The van der Waals surface area contributed by atoms with Crippen LogP contribution in [0, 0.1) is 0 Å². The monoisotopic (exact) mass is 307 g/mol. The van der Waals surface area contributed by atoms with Crippen molar-refractivity contribution in [1.29, 1.82) is 0 Å². The van der Waals surface area contributed by atoms with Crippen molar-refractivity contribution >= 4 is 22.0 Å². The third-order valence-corrected chi connectivity index (χ3v) is 6.98. The van der Waals surface area contributed by atoms with E-state index in [2.05, 4.69) is 5.32 Å². The highest BCUT2D eigenvalue weighted by Gasteiger charge is 2.31. The van der Waals surface area contributed by atoms with Crippen LogP contribution < -0.4 is 5.32 Å². The summed E-state index contributed by atoms with van der Waals surface area (Å²) >= 11 is 1.84. The Balaban J connectivity index is 1.75. The fourth-order valence-corrected chi connectivity index (χ4v) is 4.95. The minimum Gasteiger partial charge on any atom is -0.314 e. The van der Waals surface area contributed by atoms with E-state index < -0.39 is 10.2 Å². The standard InChI is InChI=1S/C12H25N3O2S2/c1-14(8-3-7-13-11-4-5-11)19(16,17)15(2)12-6-9-18-10-12/h11-13H,3-10H2,1-2H3. The molecule has 1 saturated carbocycles. The van der Waals surface area contributed by atoms with Crippen molar-refractivity contribution in [3.8, 4) is 0 Å². The van der Waals surface area contributed by atoms with E-state index in [1.165, 1.54) is 17.1 Å². The summed E-state index contributed by atoms with van der Waals surface area (Å²) in [7, 11) is 0.117. The molecule has 1 N–H and O–H groups in total. The SMILES string of the molecule is CN(CCCNC1CC1)S(=O)(=O)N(C)C1CCSC1. The maximum atomic E-state index is 12.4. The van der Waals surface area contributed by atoms with Crippen molar-refractivity contribution in [2.75, 3.05) is 38.7 Å². The molecular weight excluding hydrogens is 282 g/mol. The first kappa shape index (κ1) is 15.6. The maximum Gasteiger partial charge on any atom is 0.281 e. The van der Waals surface area contributed by atoms with Crippen molar-refractivity contribution in [3.63, 3.8) is 0 Å². The molecule has 0 aromatic rings. The van der Waals surface area contributed by atoms with Crippen molar-refractivity contribution < 1.29 is 8.42 Å². The van der Waals surface area contributed by atoms with Gasteiger partial charge in [0.05, 0.1) is 0 Å². The number of hydrogen-bond donors (Lipinski definition) is 1. The Morgan fingerprint density at radius 2 is 2.00 bits per heavy atom. The van der Waals surface area contributed by atoms with Crippen LogP contribution in [0.1, 0.15) is 25.7 Å². The van der Waals surface area contributed by atoms with Gasteiger partial charge in [0.2, 0.25) is 0 Å². The summed E-state index contributed by atoms with van der Waals surface area (Å²) in [5.74, 6) is 1.99. The van der Waals surface area contributed by atoms with Gasteiger partial charge in [0, 0.05) is 38.5 Å². The normalized spacial score (nSPS) is 24.5. The van der Waals surface area contributed by atoms with Crippen molar-refractivity contribution in [3.05, 3.63) is 0 Å². The molecule has 2 fully saturated rings. The molecule has 2 rings (SSSR count). The van der Waals surface area contributed by atoms with Gasteiger partial charge in [0.1, 0.15) is 0 Å². The summed E-state index contributed by atoms with van der Waals surface area (Å²) in [5, 5.41) is 3.41. The number of nitrogens with zero attached hydrogens (tertiary/aromatic N) is 2. The van der Waals surface area contributed by atoms with E-state index >= 15 is 0 Å².